The quantitative estimate of drug-likeness (QED) is 0.765. The van der Waals surface area contributed by atoms with Gasteiger partial charge in [-0.05, 0) is 24.5 Å². The Morgan fingerprint density at radius 1 is 1.50 bits per heavy atom. The molecule has 3 N–H and O–H groups in total. The Kier molecular flexibility index (Phi) is 4.35. The van der Waals surface area contributed by atoms with Gasteiger partial charge in [-0.2, -0.15) is 0 Å². The zero-order valence-corrected chi connectivity index (χ0v) is 10.2. The van der Waals surface area contributed by atoms with Crippen LogP contribution in [-0.2, 0) is 0 Å². The van der Waals surface area contributed by atoms with Crippen LogP contribution in [-0.4, -0.2) is 12.5 Å². The summed E-state index contributed by atoms with van der Waals surface area (Å²) in [5.41, 5.74) is 7.95. The van der Waals surface area contributed by atoms with Gasteiger partial charge in [0.05, 0.1) is 5.56 Å². The van der Waals surface area contributed by atoms with Gasteiger partial charge >= 0.3 is 0 Å². The summed E-state index contributed by atoms with van der Waals surface area (Å²) in [6.45, 7) is 6.82. The smallest absolute Gasteiger partial charge is 0.253 e. The summed E-state index contributed by atoms with van der Waals surface area (Å²) in [5.74, 6) is 0.413. The van der Waals surface area contributed by atoms with E-state index in [0.29, 0.717) is 23.7 Å². The number of hydrogen-bond donors (Lipinski definition) is 2. The average molecular weight is 220 g/mol. The Morgan fingerprint density at radius 2 is 2.19 bits per heavy atom. The molecule has 3 nitrogen and oxygen atoms in total. The van der Waals surface area contributed by atoms with Crippen molar-refractivity contribution in [2.45, 2.75) is 27.2 Å². The van der Waals surface area contributed by atoms with Crippen molar-refractivity contribution in [3.8, 4) is 0 Å². The van der Waals surface area contributed by atoms with Crippen LogP contribution < -0.4 is 11.1 Å². The molecule has 0 saturated carbocycles. The Morgan fingerprint density at radius 3 is 2.81 bits per heavy atom. The molecule has 88 valence electrons. The molecule has 1 aromatic rings. The van der Waals surface area contributed by atoms with Crippen molar-refractivity contribution in [1.29, 1.82) is 0 Å². The van der Waals surface area contributed by atoms with Crippen molar-refractivity contribution in [1.82, 2.24) is 5.32 Å². The number of amides is 1. The topological polar surface area (TPSA) is 55.1 Å². The molecular weight excluding hydrogens is 200 g/mol. The van der Waals surface area contributed by atoms with Crippen molar-refractivity contribution >= 4 is 11.6 Å². The molecule has 0 aromatic heterocycles. The van der Waals surface area contributed by atoms with Gasteiger partial charge in [0, 0.05) is 12.2 Å². The molecule has 1 rings (SSSR count). The second kappa shape index (κ2) is 5.54. The number of rotatable bonds is 4. The maximum Gasteiger partial charge on any atom is 0.253 e. The minimum Gasteiger partial charge on any atom is -0.398 e. The molecule has 0 spiro atoms. The number of nitrogens with two attached hydrogens (primary N) is 1. The maximum absolute atomic E-state index is 11.8. The highest BCUT2D eigenvalue weighted by Gasteiger charge is 2.11. The van der Waals surface area contributed by atoms with E-state index in [1.54, 1.807) is 6.07 Å². The summed E-state index contributed by atoms with van der Waals surface area (Å²) in [4.78, 5) is 11.8. The lowest BCUT2D eigenvalue weighted by atomic mass is 10.1. The zero-order valence-electron chi connectivity index (χ0n) is 10.2. The van der Waals surface area contributed by atoms with Gasteiger partial charge in [0.15, 0.2) is 0 Å². The maximum atomic E-state index is 11.8. The van der Waals surface area contributed by atoms with E-state index in [1.807, 2.05) is 19.1 Å². The first kappa shape index (κ1) is 12.6. The lowest BCUT2D eigenvalue weighted by Crippen LogP contribution is -2.28. The third-order valence-electron chi connectivity index (χ3n) is 2.88. The SMILES string of the molecule is CCC(C)CNC(=O)c1cccc(C)c1N. The lowest BCUT2D eigenvalue weighted by Gasteiger charge is -2.12. The minimum atomic E-state index is -0.0819. The number of nitrogen functional groups attached to an aromatic ring is 1. The van der Waals surface area contributed by atoms with Gasteiger partial charge in [0.25, 0.3) is 5.91 Å². The molecule has 0 fully saturated rings. The van der Waals surface area contributed by atoms with Crippen LogP contribution in [0, 0.1) is 12.8 Å². The van der Waals surface area contributed by atoms with Crippen LogP contribution in [0.4, 0.5) is 5.69 Å². The van der Waals surface area contributed by atoms with Crippen LogP contribution in [0.1, 0.15) is 36.2 Å². The van der Waals surface area contributed by atoms with Crippen LogP contribution in [0.25, 0.3) is 0 Å². The number of carbonyl (C=O) groups is 1. The Hall–Kier alpha value is -1.51. The van der Waals surface area contributed by atoms with Gasteiger partial charge in [0.2, 0.25) is 0 Å². The molecule has 1 unspecified atom stereocenters. The summed E-state index contributed by atoms with van der Waals surface area (Å²) in [7, 11) is 0. The van der Waals surface area contributed by atoms with Gasteiger partial charge < -0.3 is 11.1 Å². The molecular formula is C13H20N2O. The fourth-order valence-corrected chi connectivity index (χ4v) is 1.39. The van der Waals surface area contributed by atoms with E-state index in [1.165, 1.54) is 0 Å². The normalized spacial score (nSPS) is 12.2. The van der Waals surface area contributed by atoms with Crippen molar-refractivity contribution in [3.63, 3.8) is 0 Å². The summed E-state index contributed by atoms with van der Waals surface area (Å²) >= 11 is 0. The first-order chi connectivity index (χ1) is 7.56. The van der Waals surface area contributed by atoms with Crippen LogP contribution in [0.15, 0.2) is 18.2 Å². The highest BCUT2D eigenvalue weighted by Crippen LogP contribution is 2.16. The Balaban J connectivity index is 2.70. The molecule has 0 saturated heterocycles. The first-order valence-corrected chi connectivity index (χ1v) is 5.69. The van der Waals surface area contributed by atoms with Crippen LogP contribution in [0.5, 0.6) is 0 Å². The van der Waals surface area contributed by atoms with E-state index in [-0.39, 0.29) is 5.91 Å². The molecule has 0 heterocycles. The molecule has 0 radical (unpaired) electrons. The average Bonchev–Trinajstić information content (AvgIpc) is 2.29. The first-order valence-electron chi connectivity index (χ1n) is 5.69. The van der Waals surface area contributed by atoms with Gasteiger partial charge in [0.1, 0.15) is 0 Å². The predicted octanol–water partition coefficient (Wildman–Crippen LogP) is 2.35. The molecule has 0 aliphatic carbocycles. The van der Waals surface area contributed by atoms with E-state index in [4.69, 9.17) is 5.73 Å². The number of nitrogens with one attached hydrogen (secondary N) is 1. The fourth-order valence-electron chi connectivity index (χ4n) is 1.39. The van der Waals surface area contributed by atoms with Gasteiger partial charge in [-0.25, -0.2) is 0 Å². The molecule has 1 aromatic carbocycles. The van der Waals surface area contributed by atoms with Gasteiger partial charge in [-0.15, -0.1) is 0 Å². The van der Waals surface area contributed by atoms with Gasteiger partial charge in [-0.3, -0.25) is 4.79 Å². The molecule has 3 heteroatoms. The molecule has 0 aliphatic rings. The number of anilines is 1. The highest BCUT2D eigenvalue weighted by molar-refractivity contribution is 5.99. The van der Waals surface area contributed by atoms with E-state index in [2.05, 4.69) is 19.2 Å². The lowest BCUT2D eigenvalue weighted by molar-refractivity contribution is 0.0948. The van der Waals surface area contributed by atoms with E-state index in [9.17, 15) is 4.79 Å². The molecule has 0 bridgehead atoms. The molecule has 1 atom stereocenters. The van der Waals surface area contributed by atoms with Crippen LogP contribution in [0.3, 0.4) is 0 Å². The molecule has 16 heavy (non-hydrogen) atoms. The second-order valence-electron chi connectivity index (χ2n) is 4.26. The number of para-hydroxylation sites is 1. The largest absolute Gasteiger partial charge is 0.398 e. The summed E-state index contributed by atoms with van der Waals surface area (Å²) in [5, 5.41) is 2.90. The van der Waals surface area contributed by atoms with Crippen molar-refractivity contribution in [3.05, 3.63) is 29.3 Å². The van der Waals surface area contributed by atoms with Crippen molar-refractivity contribution in [2.24, 2.45) is 5.92 Å². The predicted molar refractivity (Wildman–Crippen MR) is 67.4 cm³/mol. The summed E-state index contributed by atoms with van der Waals surface area (Å²) in [6.07, 6.45) is 1.06. The standard InChI is InChI=1S/C13H20N2O/c1-4-9(2)8-15-13(16)11-7-5-6-10(3)12(11)14/h5-7,9H,4,8,14H2,1-3H3,(H,15,16). The number of hydrogen-bond acceptors (Lipinski definition) is 2. The van der Waals surface area contributed by atoms with Crippen LogP contribution in [0.2, 0.25) is 0 Å². The Labute approximate surface area is 97.0 Å². The van der Waals surface area contributed by atoms with Crippen molar-refractivity contribution < 1.29 is 4.79 Å². The number of carbonyl (C=O) groups excluding carboxylic acids is 1. The van der Waals surface area contributed by atoms with E-state index >= 15 is 0 Å². The third kappa shape index (κ3) is 2.99. The fraction of sp³-hybridized carbons (Fsp3) is 0.462. The molecule has 0 aliphatic heterocycles. The van der Waals surface area contributed by atoms with Crippen molar-refractivity contribution in [2.75, 3.05) is 12.3 Å². The van der Waals surface area contributed by atoms with E-state index in [0.717, 1.165) is 12.0 Å². The number of benzene rings is 1. The minimum absolute atomic E-state index is 0.0819. The highest BCUT2D eigenvalue weighted by atomic mass is 16.1. The van der Waals surface area contributed by atoms with Crippen LogP contribution >= 0.6 is 0 Å². The molecule has 1 amide bonds. The van der Waals surface area contributed by atoms with E-state index < -0.39 is 0 Å². The zero-order chi connectivity index (χ0) is 12.1. The van der Waals surface area contributed by atoms with Gasteiger partial charge in [-0.1, -0.05) is 32.4 Å². The monoisotopic (exact) mass is 220 g/mol. The summed E-state index contributed by atoms with van der Waals surface area (Å²) in [6, 6.07) is 5.51. The third-order valence-corrected chi connectivity index (χ3v) is 2.88. The Bertz CT molecular complexity index is 374. The second-order valence-corrected chi connectivity index (χ2v) is 4.26. The number of aryl methyl sites for hydroxylation is 1. The summed E-state index contributed by atoms with van der Waals surface area (Å²) < 4.78 is 0.